The van der Waals surface area contributed by atoms with Gasteiger partial charge in [0.15, 0.2) is 0 Å². The van der Waals surface area contributed by atoms with Gasteiger partial charge in [-0.15, -0.1) is 11.3 Å². The summed E-state index contributed by atoms with van der Waals surface area (Å²) in [5.41, 5.74) is 17.7. The Balaban J connectivity index is 1.05. The minimum atomic E-state index is -0.612. The first kappa shape index (κ1) is 36.8. The Hall–Kier alpha value is -7.78. The zero-order chi connectivity index (χ0) is 42.2. The van der Waals surface area contributed by atoms with Crippen molar-refractivity contribution in [2.75, 3.05) is 4.90 Å². The minimum absolute atomic E-state index is 0.480. The maximum Gasteiger partial charge on any atom is 0.0720 e. The Kier molecular flexibility index (Phi) is 8.28. The second-order valence-electron chi connectivity index (χ2n) is 17.1. The van der Waals surface area contributed by atoms with Crippen molar-refractivity contribution in [3.63, 3.8) is 0 Å². The van der Waals surface area contributed by atoms with Crippen LogP contribution in [0.2, 0.25) is 0 Å². The van der Waals surface area contributed by atoms with Gasteiger partial charge >= 0.3 is 0 Å². The molecular formula is C62H41NS. The van der Waals surface area contributed by atoms with Gasteiger partial charge in [-0.05, 0) is 115 Å². The highest BCUT2D eigenvalue weighted by Crippen LogP contribution is 2.65. The first-order valence-electron chi connectivity index (χ1n) is 22.2. The van der Waals surface area contributed by atoms with Crippen LogP contribution in [0.1, 0.15) is 44.5 Å². The average molecular weight is 832 g/mol. The molecule has 64 heavy (non-hydrogen) atoms. The predicted octanol–water partition coefficient (Wildman–Crippen LogP) is 16.3. The highest BCUT2D eigenvalue weighted by molar-refractivity contribution is 7.25. The lowest BCUT2D eigenvalue weighted by Crippen LogP contribution is -2.44. The van der Waals surface area contributed by atoms with E-state index in [-0.39, 0.29) is 0 Å². The number of hydrogen-bond acceptors (Lipinski definition) is 2. The molecule has 0 bridgehead atoms. The SMILES string of the molecule is c1ccc(-c2ccc(N(c3ccc(C4(c5ccccc5)c5ccccc5C5(c6ccccc6)c6ccccc6-c6cccc4c65)cc3)c3ccc4sc5ccccc5c4c3)cc2)cc1. The monoisotopic (exact) mass is 831 g/mol. The number of benzene rings is 10. The van der Waals surface area contributed by atoms with Gasteiger partial charge in [-0.1, -0.05) is 200 Å². The Labute approximate surface area is 377 Å². The topological polar surface area (TPSA) is 3.24 Å². The van der Waals surface area contributed by atoms with E-state index in [0.717, 1.165) is 17.1 Å². The number of rotatable bonds is 7. The molecule has 1 nitrogen and oxygen atoms in total. The average Bonchev–Trinajstić information content (AvgIpc) is 3.90. The lowest BCUT2D eigenvalue weighted by atomic mass is 9.52. The molecule has 0 spiro atoms. The molecule has 1 heterocycles. The van der Waals surface area contributed by atoms with Crippen LogP contribution in [0.5, 0.6) is 0 Å². The summed E-state index contributed by atoms with van der Waals surface area (Å²) in [5, 5.41) is 2.58. The van der Waals surface area contributed by atoms with Gasteiger partial charge in [0.05, 0.1) is 10.8 Å². The van der Waals surface area contributed by atoms with Crippen LogP contribution in [-0.4, -0.2) is 0 Å². The summed E-state index contributed by atoms with van der Waals surface area (Å²) in [5.74, 6) is 0. The van der Waals surface area contributed by atoms with Crippen LogP contribution in [0.3, 0.4) is 0 Å². The van der Waals surface area contributed by atoms with Gasteiger partial charge in [0, 0.05) is 37.2 Å². The zero-order valence-corrected chi connectivity index (χ0v) is 35.8. The van der Waals surface area contributed by atoms with E-state index < -0.39 is 10.8 Å². The highest BCUT2D eigenvalue weighted by atomic mass is 32.1. The summed E-state index contributed by atoms with van der Waals surface area (Å²) >= 11 is 1.86. The third-order valence-corrected chi connectivity index (χ3v) is 15.2. The van der Waals surface area contributed by atoms with E-state index in [9.17, 15) is 0 Å². The molecule has 0 N–H and O–H groups in total. The largest absolute Gasteiger partial charge is 0.310 e. The molecule has 13 rings (SSSR count). The molecule has 2 aliphatic carbocycles. The van der Waals surface area contributed by atoms with Gasteiger partial charge in [0.25, 0.3) is 0 Å². The zero-order valence-electron chi connectivity index (χ0n) is 35.0. The van der Waals surface area contributed by atoms with Crippen molar-refractivity contribution in [2.24, 2.45) is 0 Å². The van der Waals surface area contributed by atoms with Crippen molar-refractivity contribution in [1.29, 1.82) is 0 Å². The predicted molar refractivity (Wildman–Crippen MR) is 269 cm³/mol. The number of hydrogen-bond donors (Lipinski definition) is 0. The molecule has 11 aromatic rings. The van der Waals surface area contributed by atoms with E-state index >= 15 is 0 Å². The molecule has 0 amide bonds. The van der Waals surface area contributed by atoms with Crippen LogP contribution in [0.4, 0.5) is 17.1 Å². The Bertz CT molecular complexity index is 3540. The number of anilines is 3. The lowest BCUT2D eigenvalue weighted by molar-refractivity contribution is 0.626. The summed E-state index contributed by atoms with van der Waals surface area (Å²) in [6.07, 6.45) is 0. The second kappa shape index (κ2) is 14.4. The number of nitrogens with zero attached hydrogens (tertiary/aromatic N) is 1. The van der Waals surface area contributed by atoms with E-state index in [0.29, 0.717) is 0 Å². The summed E-state index contributed by atoms with van der Waals surface area (Å²) in [4.78, 5) is 2.42. The standard InChI is InChI=1S/C62H41NS/c1-4-17-42(18-5-1)43-31-35-47(36-32-43)63(49-39-40-59-53(41-49)51-24-11-15-30-58(51)64-59)48-37-33-46(34-38-48)61(44-19-6-2-7-20-44)55-27-13-14-28-56(55)62(45-21-8-3-9-22-45)54-26-12-10-23-50(54)52-25-16-29-57(61)60(52)62/h1-41H. The fourth-order valence-corrected chi connectivity index (χ4v) is 12.5. The minimum Gasteiger partial charge on any atom is -0.310 e. The fourth-order valence-electron chi connectivity index (χ4n) is 11.4. The summed E-state index contributed by atoms with van der Waals surface area (Å²) in [6.45, 7) is 0. The molecule has 300 valence electrons. The van der Waals surface area contributed by atoms with E-state index in [1.54, 1.807) is 0 Å². The molecule has 0 saturated heterocycles. The maximum atomic E-state index is 2.42. The van der Waals surface area contributed by atoms with Gasteiger partial charge in [0.1, 0.15) is 0 Å². The number of fused-ring (bicyclic) bond motifs is 8. The van der Waals surface area contributed by atoms with Crippen LogP contribution in [0.15, 0.2) is 249 Å². The molecule has 2 atom stereocenters. The Morgan fingerprint density at radius 2 is 0.781 bits per heavy atom. The third kappa shape index (κ3) is 5.18. The quantitative estimate of drug-likeness (QED) is 0.155. The lowest BCUT2D eigenvalue weighted by Gasteiger charge is -2.49. The molecule has 0 aliphatic heterocycles. The molecule has 2 unspecified atom stereocenters. The second-order valence-corrected chi connectivity index (χ2v) is 18.2. The molecule has 2 heteroatoms. The Morgan fingerprint density at radius 1 is 0.297 bits per heavy atom. The molecule has 0 saturated carbocycles. The van der Waals surface area contributed by atoms with Crippen molar-refractivity contribution >= 4 is 48.6 Å². The molecule has 0 radical (unpaired) electrons. The summed E-state index contributed by atoms with van der Waals surface area (Å²) in [7, 11) is 0. The highest BCUT2D eigenvalue weighted by Gasteiger charge is 2.57. The van der Waals surface area contributed by atoms with Gasteiger partial charge in [-0.3, -0.25) is 0 Å². The van der Waals surface area contributed by atoms with Gasteiger partial charge in [0.2, 0.25) is 0 Å². The van der Waals surface area contributed by atoms with Gasteiger partial charge < -0.3 is 4.90 Å². The molecule has 0 fully saturated rings. The molecule has 2 aliphatic rings. The van der Waals surface area contributed by atoms with Crippen molar-refractivity contribution in [3.8, 4) is 22.3 Å². The van der Waals surface area contributed by atoms with Crippen LogP contribution < -0.4 is 4.90 Å². The van der Waals surface area contributed by atoms with Crippen molar-refractivity contribution in [2.45, 2.75) is 10.8 Å². The van der Waals surface area contributed by atoms with Crippen LogP contribution in [-0.2, 0) is 10.8 Å². The van der Waals surface area contributed by atoms with E-state index in [1.165, 1.54) is 86.9 Å². The molecule has 10 aromatic carbocycles. The van der Waals surface area contributed by atoms with E-state index in [4.69, 9.17) is 0 Å². The fraction of sp³-hybridized carbons (Fsp3) is 0.0323. The first-order valence-corrected chi connectivity index (χ1v) is 23.0. The van der Waals surface area contributed by atoms with E-state index in [1.807, 2.05) is 11.3 Å². The van der Waals surface area contributed by atoms with Crippen LogP contribution in [0, 0.1) is 0 Å². The first-order chi connectivity index (χ1) is 31.7. The van der Waals surface area contributed by atoms with Crippen molar-refractivity contribution in [1.82, 2.24) is 0 Å². The third-order valence-electron chi connectivity index (χ3n) is 14.0. The van der Waals surface area contributed by atoms with Gasteiger partial charge in [-0.2, -0.15) is 0 Å². The van der Waals surface area contributed by atoms with Crippen LogP contribution in [0.25, 0.3) is 42.4 Å². The Morgan fingerprint density at radius 3 is 1.50 bits per heavy atom. The van der Waals surface area contributed by atoms with E-state index in [2.05, 4.69) is 254 Å². The normalized spacial score (nSPS) is 16.9. The smallest absolute Gasteiger partial charge is 0.0720 e. The summed E-state index contributed by atoms with van der Waals surface area (Å²) in [6, 6.07) is 92.8. The molecule has 1 aromatic heterocycles. The van der Waals surface area contributed by atoms with Crippen LogP contribution >= 0.6 is 11.3 Å². The maximum absolute atomic E-state index is 2.42. The summed E-state index contributed by atoms with van der Waals surface area (Å²) < 4.78 is 2.60. The van der Waals surface area contributed by atoms with Gasteiger partial charge in [-0.25, -0.2) is 0 Å². The molecular weight excluding hydrogens is 791 g/mol. The number of thiophene rings is 1. The van der Waals surface area contributed by atoms with Crippen molar-refractivity contribution < 1.29 is 0 Å². The van der Waals surface area contributed by atoms with Crippen molar-refractivity contribution in [3.05, 3.63) is 293 Å².